The molecule has 4 heteroatoms. The van der Waals surface area contributed by atoms with Crippen molar-refractivity contribution in [1.82, 2.24) is 0 Å². The Hall–Kier alpha value is -1.42. The molecular weight excluding hydrogens is 268 g/mol. The van der Waals surface area contributed by atoms with E-state index in [0.29, 0.717) is 4.99 Å². The molecule has 3 nitrogen and oxygen atoms in total. The van der Waals surface area contributed by atoms with E-state index in [1.165, 1.54) is 0 Å². The van der Waals surface area contributed by atoms with Gasteiger partial charge in [-0.05, 0) is 29.9 Å². The van der Waals surface area contributed by atoms with Gasteiger partial charge in [-0.15, -0.1) is 0 Å². The molecule has 20 heavy (non-hydrogen) atoms. The zero-order valence-corrected chi connectivity index (χ0v) is 13.1. The monoisotopic (exact) mass is 290 g/mol. The highest BCUT2D eigenvalue weighted by molar-refractivity contribution is 7.80. The van der Waals surface area contributed by atoms with Crippen molar-refractivity contribution in [2.24, 2.45) is 11.1 Å². The highest BCUT2D eigenvalue weighted by Crippen LogP contribution is 2.42. The number of nitrogens with one attached hydrogen (secondary N) is 1. The van der Waals surface area contributed by atoms with E-state index >= 15 is 0 Å². The number of carbonyl (C=O) groups is 1. The molecule has 0 radical (unpaired) electrons. The first kappa shape index (κ1) is 15.0. The Kier molecular flexibility index (Phi) is 3.87. The van der Waals surface area contributed by atoms with E-state index in [1.807, 2.05) is 24.3 Å². The number of para-hydroxylation sites is 1. The number of anilines is 1. The molecule has 0 atom stereocenters. The SMILES string of the molecule is CC(C)(C)c1ccccc1NC(=O)C1(C(N)=S)CCC1. The molecule has 1 aliphatic carbocycles. The van der Waals surface area contributed by atoms with Gasteiger partial charge in [-0.1, -0.05) is 57.6 Å². The van der Waals surface area contributed by atoms with Gasteiger partial charge in [0.1, 0.15) is 0 Å². The summed E-state index contributed by atoms with van der Waals surface area (Å²) in [5.74, 6) is -0.0621. The van der Waals surface area contributed by atoms with Gasteiger partial charge in [0.15, 0.2) is 0 Å². The fraction of sp³-hybridized carbons (Fsp3) is 0.500. The van der Waals surface area contributed by atoms with Crippen LogP contribution in [0.1, 0.15) is 45.6 Å². The van der Waals surface area contributed by atoms with Crippen LogP contribution in [0.25, 0.3) is 0 Å². The van der Waals surface area contributed by atoms with Crippen LogP contribution in [0.5, 0.6) is 0 Å². The molecule has 0 unspecified atom stereocenters. The van der Waals surface area contributed by atoms with Crippen LogP contribution in [0.3, 0.4) is 0 Å². The molecule has 1 aromatic rings. The molecule has 108 valence electrons. The van der Waals surface area contributed by atoms with E-state index < -0.39 is 5.41 Å². The summed E-state index contributed by atoms with van der Waals surface area (Å²) in [5, 5.41) is 3.03. The van der Waals surface area contributed by atoms with Gasteiger partial charge in [0.25, 0.3) is 0 Å². The molecule has 0 bridgehead atoms. The number of carbonyl (C=O) groups excluding carboxylic acids is 1. The molecule has 1 aromatic carbocycles. The third-order valence-electron chi connectivity index (χ3n) is 4.10. The lowest BCUT2D eigenvalue weighted by Gasteiger charge is -2.39. The summed E-state index contributed by atoms with van der Waals surface area (Å²) in [5.41, 5.74) is 7.09. The van der Waals surface area contributed by atoms with Crippen LogP contribution in [0.2, 0.25) is 0 Å². The van der Waals surface area contributed by atoms with Crippen molar-refractivity contribution in [3.05, 3.63) is 29.8 Å². The largest absolute Gasteiger partial charge is 0.392 e. The average molecular weight is 290 g/mol. The van der Waals surface area contributed by atoms with Crippen LogP contribution in [0, 0.1) is 5.41 Å². The van der Waals surface area contributed by atoms with Crippen molar-refractivity contribution >= 4 is 28.8 Å². The van der Waals surface area contributed by atoms with Gasteiger partial charge >= 0.3 is 0 Å². The van der Waals surface area contributed by atoms with Gasteiger partial charge in [-0.25, -0.2) is 0 Å². The third-order valence-corrected chi connectivity index (χ3v) is 4.49. The van der Waals surface area contributed by atoms with Crippen molar-refractivity contribution in [3.63, 3.8) is 0 Å². The normalized spacial score (nSPS) is 17.1. The van der Waals surface area contributed by atoms with Crippen LogP contribution < -0.4 is 11.1 Å². The van der Waals surface area contributed by atoms with E-state index in [4.69, 9.17) is 18.0 Å². The van der Waals surface area contributed by atoms with Crippen molar-refractivity contribution in [3.8, 4) is 0 Å². The highest BCUT2D eigenvalue weighted by atomic mass is 32.1. The summed E-state index contributed by atoms with van der Waals surface area (Å²) in [6.45, 7) is 6.39. The molecule has 2 rings (SSSR count). The number of nitrogens with two attached hydrogens (primary N) is 1. The van der Waals surface area contributed by atoms with Gasteiger partial charge in [0.2, 0.25) is 5.91 Å². The molecule has 3 N–H and O–H groups in total. The molecule has 0 aliphatic heterocycles. The molecule has 1 saturated carbocycles. The summed E-state index contributed by atoms with van der Waals surface area (Å²) in [4.78, 5) is 12.9. The van der Waals surface area contributed by atoms with Gasteiger partial charge in [-0.3, -0.25) is 4.79 Å². The second-order valence-corrected chi connectivity index (χ2v) is 6.99. The molecular formula is C16H22N2OS. The Morgan fingerprint density at radius 1 is 1.30 bits per heavy atom. The Bertz CT molecular complexity index is 542. The van der Waals surface area contributed by atoms with E-state index in [-0.39, 0.29) is 11.3 Å². The van der Waals surface area contributed by atoms with Crippen LogP contribution in [0.15, 0.2) is 24.3 Å². The molecule has 0 spiro atoms. The number of thiocarbonyl (C=S) groups is 1. The maximum atomic E-state index is 12.6. The Morgan fingerprint density at radius 3 is 2.35 bits per heavy atom. The predicted molar refractivity (Wildman–Crippen MR) is 86.8 cm³/mol. The van der Waals surface area contributed by atoms with E-state index in [9.17, 15) is 4.79 Å². The minimum Gasteiger partial charge on any atom is -0.392 e. The highest BCUT2D eigenvalue weighted by Gasteiger charge is 2.47. The number of rotatable bonds is 3. The number of hydrogen-bond donors (Lipinski definition) is 2. The second-order valence-electron chi connectivity index (χ2n) is 6.55. The molecule has 0 aromatic heterocycles. The number of benzene rings is 1. The molecule has 1 aliphatic rings. The van der Waals surface area contributed by atoms with Gasteiger partial charge in [0.05, 0.1) is 10.4 Å². The quantitative estimate of drug-likeness (QED) is 0.839. The summed E-state index contributed by atoms with van der Waals surface area (Å²) >= 11 is 5.10. The fourth-order valence-electron chi connectivity index (χ4n) is 2.60. The smallest absolute Gasteiger partial charge is 0.237 e. The summed E-state index contributed by atoms with van der Waals surface area (Å²) in [6, 6.07) is 7.90. The second kappa shape index (κ2) is 5.17. The van der Waals surface area contributed by atoms with Gasteiger partial charge < -0.3 is 11.1 Å². The number of amides is 1. The first-order valence-electron chi connectivity index (χ1n) is 6.98. The van der Waals surface area contributed by atoms with Crippen LogP contribution in [-0.2, 0) is 10.2 Å². The first-order chi connectivity index (χ1) is 9.27. The van der Waals surface area contributed by atoms with Crippen LogP contribution in [-0.4, -0.2) is 10.9 Å². The van der Waals surface area contributed by atoms with Crippen LogP contribution >= 0.6 is 12.2 Å². The van der Waals surface area contributed by atoms with E-state index in [1.54, 1.807) is 0 Å². The summed E-state index contributed by atoms with van der Waals surface area (Å²) < 4.78 is 0. The standard InChI is InChI=1S/C16H22N2OS/c1-15(2,3)11-7-4-5-8-12(11)18-14(19)16(13(17)20)9-6-10-16/h4-5,7-8H,6,9-10H2,1-3H3,(H2,17,20)(H,18,19). The third kappa shape index (κ3) is 2.57. The predicted octanol–water partition coefficient (Wildman–Crippen LogP) is 3.38. The van der Waals surface area contributed by atoms with Gasteiger partial charge in [0, 0.05) is 5.69 Å². The van der Waals surface area contributed by atoms with Gasteiger partial charge in [-0.2, -0.15) is 0 Å². The van der Waals surface area contributed by atoms with Crippen molar-refractivity contribution < 1.29 is 4.79 Å². The van der Waals surface area contributed by atoms with E-state index in [2.05, 4.69) is 26.1 Å². The van der Waals surface area contributed by atoms with Crippen molar-refractivity contribution in [2.45, 2.75) is 45.4 Å². The molecule has 0 saturated heterocycles. The lowest BCUT2D eigenvalue weighted by molar-refractivity contribution is -0.125. The van der Waals surface area contributed by atoms with Crippen molar-refractivity contribution in [2.75, 3.05) is 5.32 Å². The average Bonchev–Trinajstić information content (AvgIpc) is 2.25. The minimum absolute atomic E-state index is 0.0279. The number of hydrogen-bond acceptors (Lipinski definition) is 2. The van der Waals surface area contributed by atoms with Crippen LogP contribution in [0.4, 0.5) is 5.69 Å². The molecule has 0 heterocycles. The Morgan fingerprint density at radius 2 is 1.90 bits per heavy atom. The Balaban J connectivity index is 2.27. The lowest BCUT2D eigenvalue weighted by Crippen LogP contribution is -2.50. The summed E-state index contributed by atoms with van der Waals surface area (Å²) in [6.07, 6.45) is 2.52. The fourth-order valence-corrected chi connectivity index (χ4v) is 2.90. The minimum atomic E-state index is -0.639. The van der Waals surface area contributed by atoms with Crippen molar-refractivity contribution in [1.29, 1.82) is 0 Å². The molecule has 1 amide bonds. The Labute approximate surface area is 125 Å². The zero-order chi connectivity index (χ0) is 15.0. The topological polar surface area (TPSA) is 55.1 Å². The van der Waals surface area contributed by atoms with E-state index in [0.717, 1.165) is 30.5 Å². The lowest BCUT2D eigenvalue weighted by atomic mass is 9.68. The maximum absolute atomic E-state index is 12.6. The summed E-state index contributed by atoms with van der Waals surface area (Å²) in [7, 11) is 0. The zero-order valence-electron chi connectivity index (χ0n) is 12.3. The maximum Gasteiger partial charge on any atom is 0.237 e. The first-order valence-corrected chi connectivity index (χ1v) is 7.39. The molecule has 1 fully saturated rings.